The van der Waals surface area contributed by atoms with Gasteiger partial charge in [-0.05, 0) is 50.7 Å². The molecule has 206 valence electrons. The second kappa shape index (κ2) is 23.8. The first-order valence-electron chi connectivity index (χ1n) is 15.2. The van der Waals surface area contributed by atoms with E-state index in [9.17, 15) is 0 Å². The van der Waals surface area contributed by atoms with Crippen molar-refractivity contribution in [1.82, 2.24) is 0 Å². The summed E-state index contributed by atoms with van der Waals surface area (Å²) in [6.45, 7) is 12.2. The first-order chi connectivity index (χ1) is 16.7. The van der Waals surface area contributed by atoms with Crippen molar-refractivity contribution >= 4 is 0 Å². The summed E-state index contributed by atoms with van der Waals surface area (Å²) in [4.78, 5) is 0. The van der Waals surface area contributed by atoms with Crippen molar-refractivity contribution in [2.24, 2.45) is 0 Å². The average molecular weight is 555 g/mol. The molecule has 0 unspecified atom stereocenters. The summed E-state index contributed by atoms with van der Waals surface area (Å²) < 4.78 is 6.86. The molecule has 0 aliphatic rings. The second-order valence-electron chi connectivity index (χ2n) is 10.8. The topological polar surface area (TPSA) is 9.23 Å². The van der Waals surface area contributed by atoms with Gasteiger partial charge in [-0.25, -0.2) is 0 Å². The van der Waals surface area contributed by atoms with Crippen LogP contribution in [0.3, 0.4) is 0 Å². The van der Waals surface area contributed by atoms with Crippen LogP contribution in [0.2, 0.25) is 0 Å². The smallest absolute Gasteiger partial charge is 0.119 e. The maximum absolute atomic E-state index is 5.57. The van der Waals surface area contributed by atoms with Gasteiger partial charge >= 0.3 is 0 Å². The number of unbranched alkanes of at least 4 members (excludes halogenated alkanes) is 15. The number of quaternary nitrogens is 1. The Morgan fingerprint density at radius 1 is 0.571 bits per heavy atom. The molecule has 0 N–H and O–H groups in total. The molecule has 0 aliphatic heterocycles. The SMILES string of the molecule is CCCCCCCC[N+](CCCCCCCC)(CCCCCCCC)Cc1cccc(OC)c1.[Br-]. The number of halogens is 1. The Morgan fingerprint density at radius 3 is 1.37 bits per heavy atom. The van der Waals surface area contributed by atoms with Gasteiger partial charge in [0.25, 0.3) is 0 Å². The molecule has 1 rings (SSSR count). The van der Waals surface area contributed by atoms with E-state index in [0.29, 0.717) is 0 Å². The minimum absolute atomic E-state index is 0. The maximum atomic E-state index is 5.57. The zero-order valence-electron chi connectivity index (χ0n) is 24.1. The second-order valence-corrected chi connectivity index (χ2v) is 10.8. The summed E-state index contributed by atoms with van der Waals surface area (Å²) in [6.07, 6.45) is 25.1. The zero-order valence-corrected chi connectivity index (χ0v) is 25.7. The van der Waals surface area contributed by atoms with Gasteiger partial charge in [-0.3, -0.25) is 0 Å². The first kappa shape index (κ1) is 34.5. The van der Waals surface area contributed by atoms with Crippen LogP contribution in [-0.4, -0.2) is 31.2 Å². The zero-order chi connectivity index (χ0) is 24.7. The first-order valence-corrected chi connectivity index (χ1v) is 15.2. The molecule has 3 heteroatoms. The Balaban J connectivity index is 0.0000116. The van der Waals surface area contributed by atoms with Crippen LogP contribution in [0.1, 0.15) is 142 Å². The quantitative estimate of drug-likeness (QED) is 0.0979. The third kappa shape index (κ3) is 17.5. The van der Waals surface area contributed by atoms with Crippen LogP contribution >= 0.6 is 0 Å². The van der Waals surface area contributed by atoms with Crippen molar-refractivity contribution < 1.29 is 26.2 Å². The van der Waals surface area contributed by atoms with Gasteiger partial charge in [-0.2, -0.15) is 0 Å². The average Bonchev–Trinajstić information content (AvgIpc) is 2.85. The van der Waals surface area contributed by atoms with Gasteiger partial charge in [-0.1, -0.05) is 110 Å². The Morgan fingerprint density at radius 2 is 0.971 bits per heavy atom. The van der Waals surface area contributed by atoms with Crippen molar-refractivity contribution in [3.05, 3.63) is 29.8 Å². The van der Waals surface area contributed by atoms with E-state index in [4.69, 9.17) is 4.74 Å². The maximum Gasteiger partial charge on any atom is 0.119 e. The molecule has 35 heavy (non-hydrogen) atoms. The van der Waals surface area contributed by atoms with Gasteiger partial charge in [0.15, 0.2) is 0 Å². The van der Waals surface area contributed by atoms with Crippen LogP contribution in [-0.2, 0) is 6.54 Å². The monoisotopic (exact) mass is 553 g/mol. The number of hydrogen-bond donors (Lipinski definition) is 0. The molecule has 1 aromatic carbocycles. The molecule has 0 heterocycles. The van der Waals surface area contributed by atoms with E-state index in [2.05, 4.69) is 45.0 Å². The Kier molecular flexibility index (Phi) is 23.5. The summed E-state index contributed by atoms with van der Waals surface area (Å²) in [6, 6.07) is 8.90. The van der Waals surface area contributed by atoms with E-state index in [1.54, 1.807) is 7.11 Å². The van der Waals surface area contributed by atoms with Crippen LogP contribution in [0.25, 0.3) is 0 Å². The minimum Gasteiger partial charge on any atom is -1.00 e. The molecule has 0 spiro atoms. The standard InChI is InChI=1S/C32H60NO.BrH/c1-5-8-11-14-17-20-26-33(27-21-18-15-12-9-6-2,28-22-19-16-13-10-7-3)30-31-24-23-25-32(29-31)34-4;/h23-25,29H,5-22,26-28,30H2,1-4H3;1H/q+1;/p-1. The van der Waals surface area contributed by atoms with Gasteiger partial charge in [0.05, 0.1) is 26.7 Å². The largest absolute Gasteiger partial charge is 1.00 e. The van der Waals surface area contributed by atoms with Gasteiger partial charge in [0.1, 0.15) is 12.3 Å². The molecule has 0 saturated carbocycles. The van der Waals surface area contributed by atoms with Crippen molar-refractivity contribution in [2.75, 3.05) is 26.7 Å². The fraction of sp³-hybridized carbons (Fsp3) is 0.812. The van der Waals surface area contributed by atoms with Crippen molar-refractivity contribution in [3.8, 4) is 5.75 Å². The summed E-state index contributed by atoms with van der Waals surface area (Å²) in [7, 11) is 1.80. The third-order valence-corrected chi connectivity index (χ3v) is 7.61. The molecule has 2 nitrogen and oxygen atoms in total. The highest BCUT2D eigenvalue weighted by Crippen LogP contribution is 2.24. The lowest BCUT2D eigenvalue weighted by Crippen LogP contribution is -3.00. The highest BCUT2D eigenvalue weighted by molar-refractivity contribution is 5.27. The van der Waals surface area contributed by atoms with E-state index < -0.39 is 0 Å². The summed E-state index contributed by atoms with van der Waals surface area (Å²) in [5, 5.41) is 0. The number of methoxy groups -OCH3 is 1. The van der Waals surface area contributed by atoms with E-state index >= 15 is 0 Å². The number of hydrogen-bond acceptors (Lipinski definition) is 1. The van der Waals surface area contributed by atoms with Gasteiger partial charge in [0, 0.05) is 5.56 Å². The predicted octanol–water partition coefficient (Wildman–Crippen LogP) is 7.10. The minimum atomic E-state index is 0. The number of ether oxygens (including phenoxy) is 1. The van der Waals surface area contributed by atoms with Crippen LogP contribution in [0.4, 0.5) is 0 Å². The van der Waals surface area contributed by atoms with Crippen LogP contribution in [0, 0.1) is 0 Å². The van der Waals surface area contributed by atoms with E-state index in [-0.39, 0.29) is 17.0 Å². The highest BCUT2D eigenvalue weighted by atomic mass is 79.9. The molecule has 0 bridgehead atoms. The lowest BCUT2D eigenvalue weighted by molar-refractivity contribution is -0.941. The van der Waals surface area contributed by atoms with Gasteiger partial charge in [0.2, 0.25) is 0 Å². The summed E-state index contributed by atoms with van der Waals surface area (Å²) >= 11 is 0. The molecule has 0 saturated heterocycles. The number of benzene rings is 1. The Labute approximate surface area is 231 Å². The fourth-order valence-corrected chi connectivity index (χ4v) is 5.41. The fourth-order valence-electron chi connectivity index (χ4n) is 5.41. The predicted molar refractivity (Wildman–Crippen MR) is 152 cm³/mol. The normalized spacial score (nSPS) is 11.4. The number of rotatable bonds is 24. The number of nitrogens with zero attached hydrogens (tertiary/aromatic N) is 1. The molecule has 0 amide bonds. The Bertz CT molecular complexity index is 536. The third-order valence-electron chi connectivity index (χ3n) is 7.61. The molecule has 0 aromatic heterocycles. The van der Waals surface area contributed by atoms with Crippen molar-refractivity contribution in [3.63, 3.8) is 0 Å². The lowest BCUT2D eigenvalue weighted by atomic mass is 10.0. The van der Waals surface area contributed by atoms with Crippen molar-refractivity contribution in [1.29, 1.82) is 0 Å². The summed E-state index contributed by atoms with van der Waals surface area (Å²) in [5.41, 5.74) is 1.46. The molecule has 0 aliphatic carbocycles. The van der Waals surface area contributed by atoms with Crippen LogP contribution in [0.15, 0.2) is 24.3 Å². The molecule has 1 aromatic rings. The van der Waals surface area contributed by atoms with E-state index in [1.165, 1.54) is 152 Å². The van der Waals surface area contributed by atoms with Crippen molar-refractivity contribution in [2.45, 2.75) is 143 Å². The van der Waals surface area contributed by atoms with E-state index in [1.807, 2.05) is 0 Å². The molecule has 0 atom stereocenters. The molecule has 0 fully saturated rings. The molecular formula is C32H60BrNO. The van der Waals surface area contributed by atoms with E-state index in [0.717, 1.165) is 5.75 Å². The lowest BCUT2D eigenvalue weighted by Gasteiger charge is -2.39. The Hall–Kier alpha value is -0.540. The summed E-state index contributed by atoms with van der Waals surface area (Å²) in [5.74, 6) is 1.01. The van der Waals surface area contributed by atoms with Gasteiger partial charge in [-0.15, -0.1) is 0 Å². The van der Waals surface area contributed by atoms with Crippen LogP contribution < -0.4 is 21.7 Å². The van der Waals surface area contributed by atoms with Gasteiger partial charge < -0.3 is 26.2 Å². The molecule has 0 radical (unpaired) electrons. The highest BCUT2D eigenvalue weighted by Gasteiger charge is 2.27. The molecular weight excluding hydrogens is 494 g/mol. The van der Waals surface area contributed by atoms with Crippen LogP contribution in [0.5, 0.6) is 5.75 Å².